The average molecular weight is 387 g/mol. The van der Waals surface area contributed by atoms with Gasteiger partial charge in [0, 0.05) is 31.2 Å². The predicted molar refractivity (Wildman–Crippen MR) is 113 cm³/mol. The minimum Gasteiger partial charge on any atom is -0.375 e. The van der Waals surface area contributed by atoms with Crippen molar-refractivity contribution in [2.24, 2.45) is 5.92 Å². The molecule has 0 aromatic rings. The highest BCUT2D eigenvalue weighted by atomic mass is 16.7. The van der Waals surface area contributed by atoms with Crippen molar-refractivity contribution in [3.8, 4) is 0 Å². The zero-order chi connectivity index (χ0) is 20.5. The maximum absolute atomic E-state index is 6.47. The Morgan fingerprint density at radius 3 is 2.33 bits per heavy atom. The number of nitrogens with one attached hydrogen (secondary N) is 1. The molecule has 0 aliphatic carbocycles. The molecule has 1 N–H and O–H groups in total. The van der Waals surface area contributed by atoms with Gasteiger partial charge in [0.2, 0.25) is 0 Å². The normalized spacial score (nSPS) is 22.3. The fourth-order valence-corrected chi connectivity index (χ4v) is 3.66. The van der Waals surface area contributed by atoms with Gasteiger partial charge >= 0.3 is 0 Å². The van der Waals surface area contributed by atoms with Gasteiger partial charge in [0.1, 0.15) is 6.10 Å². The Hall–Kier alpha value is -0.200. The standard InChI is InChI=1S/C22H46N2O3/c1-9-13-18(16-23-21(4,5)6)20(19-17-26-22(7,8)27-19)25-15-12-14-24(10-2)11-3/h18-20,23H,9-17H2,1-8H3. The zero-order valence-corrected chi connectivity index (χ0v) is 19.3. The first-order valence-electron chi connectivity index (χ1n) is 11.0. The van der Waals surface area contributed by atoms with E-state index in [1.807, 2.05) is 13.8 Å². The van der Waals surface area contributed by atoms with Gasteiger partial charge in [-0.2, -0.15) is 0 Å². The van der Waals surface area contributed by atoms with E-state index < -0.39 is 5.79 Å². The Morgan fingerprint density at radius 1 is 1.19 bits per heavy atom. The van der Waals surface area contributed by atoms with E-state index in [-0.39, 0.29) is 17.7 Å². The molecular weight excluding hydrogens is 340 g/mol. The van der Waals surface area contributed by atoms with Crippen LogP contribution < -0.4 is 5.32 Å². The van der Waals surface area contributed by atoms with E-state index in [2.05, 4.69) is 51.8 Å². The molecule has 162 valence electrons. The average Bonchev–Trinajstić information content (AvgIpc) is 2.94. The highest BCUT2D eigenvalue weighted by Crippen LogP contribution is 2.30. The van der Waals surface area contributed by atoms with Crippen molar-refractivity contribution in [2.45, 2.75) is 98.2 Å². The molecule has 3 atom stereocenters. The molecule has 5 nitrogen and oxygen atoms in total. The van der Waals surface area contributed by atoms with Crippen molar-refractivity contribution in [3.05, 3.63) is 0 Å². The van der Waals surface area contributed by atoms with Crippen molar-refractivity contribution >= 4 is 0 Å². The van der Waals surface area contributed by atoms with Crippen LogP contribution in [0.25, 0.3) is 0 Å². The smallest absolute Gasteiger partial charge is 0.163 e. The first-order valence-corrected chi connectivity index (χ1v) is 11.0. The number of hydrogen-bond acceptors (Lipinski definition) is 5. The lowest BCUT2D eigenvalue weighted by Crippen LogP contribution is -2.47. The van der Waals surface area contributed by atoms with E-state index in [1.54, 1.807) is 0 Å². The van der Waals surface area contributed by atoms with Crippen LogP contribution in [-0.4, -0.2) is 67.8 Å². The van der Waals surface area contributed by atoms with Crippen LogP contribution in [-0.2, 0) is 14.2 Å². The molecule has 0 spiro atoms. The van der Waals surface area contributed by atoms with Gasteiger partial charge in [0.05, 0.1) is 12.7 Å². The third-order valence-corrected chi connectivity index (χ3v) is 5.24. The second-order valence-electron chi connectivity index (χ2n) is 9.26. The number of rotatable bonds is 13. The van der Waals surface area contributed by atoms with Crippen LogP contribution in [0.1, 0.15) is 74.7 Å². The van der Waals surface area contributed by atoms with Crippen LogP contribution in [0.4, 0.5) is 0 Å². The maximum atomic E-state index is 6.47. The first-order chi connectivity index (χ1) is 12.6. The summed E-state index contributed by atoms with van der Waals surface area (Å²) in [7, 11) is 0. The maximum Gasteiger partial charge on any atom is 0.163 e. The summed E-state index contributed by atoms with van der Waals surface area (Å²) in [6.07, 6.45) is 3.41. The molecule has 1 heterocycles. The number of nitrogens with zero attached hydrogens (tertiary/aromatic N) is 1. The molecule has 0 aromatic carbocycles. The lowest BCUT2D eigenvalue weighted by Gasteiger charge is -2.34. The van der Waals surface area contributed by atoms with Crippen molar-refractivity contribution in [1.82, 2.24) is 10.2 Å². The molecule has 27 heavy (non-hydrogen) atoms. The Bertz CT molecular complexity index is 392. The van der Waals surface area contributed by atoms with E-state index >= 15 is 0 Å². The molecule has 0 saturated carbocycles. The van der Waals surface area contributed by atoms with Gasteiger partial charge in [-0.1, -0.05) is 27.2 Å². The lowest BCUT2D eigenvalue weighted by molar-refractivity contribution is -0.163. The Labute approximate surface area is 168 Å². The minimum absolute atomic E-state index is 0.00627. The number of hydrogen-bond donors (Lipinski definition) is 1. The molecule has 0 amide bonds. The Kier molecular flexibility index (Phi) is 10.8. The van der Waals surface area contributed by atoms with Gasteiger partial charge in [0.25, 0.3) is 0 Å². The molecule has 0 aromatic heterocycles. The van der Waals surface area contributed by atoms with Gasteiger partial charge in [-0.25, -0.2) is 0 Å². The third kappa shape index (κ3) is 9.71. The van der Waals surface area contributed by atoms with Gasteiger partial charge in [-0.05, 0) is 60.5 Å². The zero-order valence-electron chi connectivity index (χ0n) is 19.3. The number of ether oxygens (including phenoxy) is 3. The predicted octanol–water partition coefficient (Wildman–Crippen LogP) is 4.06. The van der Waals surface area contributed by atoms with Crippen molar-refractivity contribution in [2.75, 3.05) is 39.4 Å². The quantitative estimate of drug-likeness (QED) is 0.484. The van der Waals surface area contributed by atoms with Crippen LogP contribution in [0.3, 0.4) is 0 Å². The summed E-state index contributed by atoms with van der Waals surface area (Å²) < 4.78 is 18.5. The summed E-state index contributed by atoms with van der Waals surface area (Å²) in [6.45, 7) is 22.9. The fraction of sp³-hybridized carbons (Fsp3) is 1.00. The Morgan fingerprint density at radius 2 is 1.85 bits per heavy atom. The van der Waals surface area contributed by atoms with Gasteiger partial charge in [-0.3, -0.25) is 0 Å². The minimum atomic E-state index is -0.512. The topological polar surface area (TPSA) is 43.0 Å². The highest BCUT2D eigenvalue weighted by molar-refractivity contribution is 4.86. The van der Waals surface area contributed by atoms with Crippen LogP contribution in [0.2, 0.25) is 0 Å². The first kappa shape index (κ1) is 24.8. The van der Waals surface area contributed by atoms with Crippen molar-refractivity contribution in [1.29, 1.82) is 0 Å². The van der Waals surface area contributed by atoms with E-state index in [4.69, 9.17) is 14.2 Å². The van der Waals surface area contributed by atoms with Crippen LogP contribution >= 0.6 is 0 Å². The van der Waals surface area contributed by atoms with E-state index in [0.717, 1.165) is 52.0 Å². The molecule has 1 rings (SSSR count). The van der Waals surface area contributed by atoms with E-state index in [0.29, 0.717) is 12.5 Å². The van der Waals surface area contributed by atoms with Crippen molar-refractivity contribution < 1.29 is 14.2 Å². The molecule has 1 aliphatic rings. The summed E-state index contributed by atoms with van der Waals surface area (Å²) in [6, 6.07) is 0. The molecule has 3 unspecified atom stereocenters. The third-order valence-electron chi connectivity index (χ3n) is 5.24. The monoisotopic (exact) mass is 386 g/mol. The largest absolute Gasteiger partial charge is 0.375 e. The van der Waals surface area contributed by atoms with Crippen LogP contribution in [0, 0.1) is 5.92 Å². The molecule has 0 bridgehead atoms. The molecule has 1 aliphatic heterocycles. The van der Waals surface area contributed by atoms with E-state index in [1.165, 1.54) is 0 Å². The SMILES string of the molecule is CCCC(CNC(C)(C)C)C(OCCCN(CC)CC)C1COC(C)(C)O1. The fourth-order valence-electron chi connectivity index (χ4n) is 3.66. The highest BCUT2D eigenvalue weighted by Gasteiger charge is 2.41. The second-order valence-corrected chi connectivity index (χ2v) is 9.26. The summed E-state index contributed by atoms with van der Waals surface area (Å²) in [4.78, 5) is 2.45. The van der Waals surface area contributed by atoms with Crippen molar-refractivity contribution in [3.63, 3.8) is 0 Å². The van der Waals surface area contributed by atoms with Gasteiger partial charge in [0.15, 0.2) is 5.79 Å². The second kappa shape index (κ2) is 11.7. The summed E-state index contributed by atoms with van der Waals surface area (Å²) in [5, 5.41) is 3.67. The van der Waals surface area contributed by atoms with Crippen LogP contribution in [0.15, 0.2) is 0 Å². The summed E-state index contributed by atoms with van der Waals surface area (Å²) >= 11 is 0. The molecule has 1 saturated heterocycles. The molecule has 1 fully saturated rings. The summed E-state index contributed by atoms with van der Waals surface area (Å²) in [5.41, 5.74) is 0.103. The van der Waals surface area contributed by atoms with Gasteiger partial charge in [-0.15, -0.1) is 0 Å². The summed E-state index contributed by atoms with van der Waals surface area (Å²) in [5.74, 6) is -0.0907. The van der Waals surface area contributed by atoms with Crippen LogP contribution in [0.5, 0.6) is 0 Å². The molecule has 5 heteroatoms. The lowest BCUT2D eigenvalue weighted by atomic mass is 9.92. The van der Waals surface area contributed by atoms with E-state index in [9.17, 15) is 0 Å². The van der Waals surface area contributed by atoms with Gasteiger partial charge < -0.3 is 24.4 Å². The molecule has 0 radical (unpaired) electrons. The Balaban J connectivity index is 2.72. The molecular formula is C22H46N2O3.